The van der Waals surface area contributed by atoms with Gasteiger partial charge < -0.3 is 15.4 Å². The minimum atomic E-state index is -0.231. The van der Waals surface area contributed by atoms with Gasteiger partial charge in [-0.1, -0.05) is 29.2 Å². The molecular formula is C15H20N4O2S2. The van der Waals surface area contributed by atoms with E-state index in [9.17, 15) is 4.79 Å². The molecule has 0 bridgehead atoms. The van der Waals surface area contributed by atoms with E-state index in [-0.39, 0.29) is 6.03 Å². The number of urea groups is 1. The molecule has 0 saturated heterocycles. The molecule has 1 heterocycles. The molecule has 2 rings (SSSR count). The molecule has 2 aromatic rings. The van der Waals surface area contributed by atoms with Gasteiger partial charge in [-0.25, -0.2) is 4.79 Å². The molecule has 124 valence electrons. The van der Waals surface area contributed by atoms with Crippen molar-refractivity contribution in [2.24, 2.45) is 0 Å². The molecule has 23 heavy (non-hydrogen) atoms. The minimum Gasteiger partial charge on any atom is -0.495 e. The average molecular weight is 352 g/mol. The third kappa shape index (κ3) is 5.72. The second-order valence-electron chi connectivity index (χ2n) is 4.87. The van der Waals surface area contributed by atoms with Crippen molar-refractivity contribution in [1.82, 2.24) is 15.5 Å². The van der Waals surface area contributed by atoms with E-state index < -0.39 is 0 Å². The summed E-state index contributed by atoms with van der Waals surface area (Å²) in [4.78, 5) is 11.9. The summed E-state index contributed by atoms with van der Waals surface area (Å²) < 4.78 is 6.21. The van der Waals surface area contributed by atoms with Gasteiger partial charge in [0.2, 0.25) is 0 Å². The maximum Gasteiger partial charge on any atom is 0.319 e. The Morgan fingerprint density at radius 1 is 1.35 bits per heavy atom. The standard InChI is InChI=1S/C15H20N4O2S2/c1-10-5-6-13(21-3)12(9-10)17-14(20)16-7-4-8-22-15-19-18-11(2)23-15/h5-6,9H,4,7-8H2,1-3H3,(H2,16,17,20). The highest BCUT2D eigenvalue weighted by atomic mass is 32.2. The van der Waals surface area contributed by atoms with E-state index in [0.29, 0.717) is 18.0 Å². The smallest absolute Gasteiger partial charge is 0.319 e. The molecule has 0 aliphatic rings. The van der Waals surface area contributed by atoms with Gasteiger partial charge in [-0.05, 0) is 38.0 Å². The molecular weight excluding hydrogens is 332 g/mol. The first-order chi connectivity index (χ1) is 11.1. The van der Waals surface area contributed by atoms with Gasteiger partial charge in [0.05, 0.1) is 12.8 Å². The van der Waals surface area contributed by atoms with Gasteiger partial charge in [0, 0.05) is 12.3 Å². The number of methoxy groups -OCH3 is 1. The first kappa shape index (κ1) is 17.6. The Balaban J connectivity index is 1.70. The van der Waals surface area contributed by atoms with E-state index in [2.05, 4.69) is 20.8 Å². The number of nitrogens with zero attached hydrogens (tertiary/aromatic N) is 2. The quantitative estimate of drug-likeness (QED) is 0.589. The van der Waals surface area contributed by atoms with Crippen LogP contribution in [0.4, 0.5) is 10.5 Å². The molecule has 2 amide bonds. The highest BCUT2D eigenvalue weighted by molar-refractivity contribution is 8.01. The second-order valence-corrected chi connectivity index (χ2v) is 7.40. The molecule has 6 nitrogen and oxygen atoms in total. The van der Waals surface area contributed by atoms with Crippen molar-refractivity contribution in [3.05, 3.63) is 28.8 Å². The maximum absolute atomic E-state index is 11.9. The first-order valence-electron chi connectivity index (χ1n) is 7.21. The number of benzene rings is 1. The normalized spacial score (nSPS) is 10.4. The Morgan fingerprint density at radius 3 is 2.87 bits per heavy atom. The number of anilines is 1. The number of carbonyl (C=O) groups excluding carboxylic acids is 1. The highest BCUT2D eigenvalue weighted by Gasteiger charge is 2.07. The molecule has 0 unspecified atom stereocenters. The number of amides is 2. The molecule has 0 spiro atoms. The monoisotopic (exact) mass is 352 g/mol. The van der Waals surface area contributed by atoms with Gasteiger partial charge in [-0.15, -0.1) is 10.2 Å². The third-order valence-electron chi connectivity index (χ3n) is 2.94. The lowest BCUT2D eigenvalue weighted by atomic mass is 10.2. The minimum absolute atomic E-state index is 0.231. The van der Waals surface area contributed by atoms with Gasteiger partial charge in [0.15, 0.2) is 4.34 Å². The number of hydrogen-bond acceptors (Lipinski definition) is 6. The van der Waals surface area contributed by atoms with Crippen molar-refractivity contribution in [2.45, 2.75) is 24.6 Å². The molecule has 1 aromatic carbocycles. The van der Waals surface area contributed by atoms with Crippen LogP contribution >= 0.6 is 23.1 Å². The SMILES string of the molecule is COc1ccc(C)cc1NC(=O)NCCCSc1nnc(C)s1. The summed E-state index contributed by atoms with van der Waals surface area (Å²) in [5.74, 6) is 1.54. The van der Waals surface area contributed by atoms with E-state index in [0.717, 1.165) is 27.1 Å². The third-order valence-corrected chi connectivity index (χ3v) is 5.00. The summed E-state index contributed by atoms with van der Waals surface area (Å²) in [6.07, 6.45) is 0.863. The summed E-state index contributed by atoms with van der Waals surface area (Å²) in [7, 11) is 1.58. The van der Waals surface area contributed by atoms with Crippen LogP contribution in [-0.4, -0.2) is 35.6 Å². The van der Waals surface area contributed by atoms with E-state index in [1.54, 1.807) is 30.2 Å². The molecule has 0 radical (unpaired) electrons. The van der Waals surface area contributed by atoms with Crippen molar-refractivity contribution < 1.29 is 9.53 Å². The highest BCUT2D eigenvalue weighted by Crippen LogP contribution is 2.25. The Kier molecular flexibility index (Phi) is 6.66. The maximum atomic E-state index is 11.9. The van der Waals surface area contributed by atoms with Crippen molar-refractivity contribution in [3.63, 3.8) is 0 Å². The zero-order chi connectivity index (χ0) is 16.7. The van der Waals surface area contributed by atoms with Crippen LogP contribution in [0, 0.1) is 13.8 Å². The summed E-state index contributed by atoms with van der Waals surface area (Å²) in [6.45, 7) is 4.51. The average Bonchev–Trinajstić information content (AvgIpc) is 2.92. The lowest BCUT2D eigenvalue weighted by Crippen LogP contribution is -2.30. The number of hydrogen-bond donors (Lipinski definition) is 2. The lowest BCUT2D eigenvalue weighted by molar-refractivity contribution is 0.252. The number of thioether (sulfide) groups is 1. The molecule has 0 fully saturated rings. The number of nitrogens with one attached hydrogen (secondary N) is 2. The van der Waals surface area contributed by atoms with Crippen LogP contribution in [0.3, 0.4) is 0 Å². The molecule has 0 aliphatic carbocycles. The van der Waals surface area contributed by atoms with E-state index in [1.807, 2.05) is 32.0 Å². The number of ether oxygens (including phenoxy) is 1. The van der Waals surface area contributed by atoms with E-state index >= 15 is 0 Å². The number of carbonyl (C=O) groups is 1. The number of aryl methyl sites for hydroxylation is 2. The molecule has 2 N–H and O–H groups in total. The van der Waals surface area contributed by atoms with Gasteiger partial charge in [0.25, 0.3) is 0 Å². The number of aromatic nitrogens is 2. The Morgan fingerprint density at radius 2 is 2.17 bits per heavy atom. The van der Waals surface area contributed by atoms with Crippen LogP contribution < -0.4 is 15.4 Å². The fourth-order valence-electron chi connectivity index (χ4n) is 1.86. The van der Waals surface area contributed by atoms with Gasteiger partial charge in [0.1, 0.15) is 10.8 Å². The molecule has 0 atom stereocenters. The van der Waals surface area contributed by atoms with Gasteiger partial charge in [-0.3, -0.25) is 0 Å². The van der Waals surface area contributed by atoms with Crippen molar-refractivity contribution in [3.8, 4) is 5.75 Å². The summed E-state index contributed by atoms with van der Waals surface area (Å²) in [5, 5.41) is 14.6. The van der Waals surface area contributed by atoms with E-state index in [1.165, 1.54) is 0 Å². The van der Waals surface area contributed by atoms with E-state index in [4.69, 9.17) is 4.74 Å². The topological polar surface area (TPSA) is 76.1 Å². The van der Waals surface area contributed by atoms with Crippen LogP contribution in [0.25, 0.3) is 0 Å². The first-order valence-corrected chi connectivity index (χ1v) is 9.01. The summed E-state index contributed by atoms with van der Waals surface area (Å²) >= 11 is 3.24. The Hall–Kier alpha value is -1.80. The largest absolute Gasteiger partial charge is 0.495 e. The fraction of sp³-hybridized carbons (Fsp3) is 0.400. The predicted molar refractivity (Wildman–Crippen MR) is 94.7 cm³/mol. The van der Waals surface area contributed by atoms with Crippen LogP contribution in [0.1, 0.15) is 17.0 Å². The molecule has 1 aromatic heterocycles. The molecule has 0 aliphatic heterocycles. The zero-order valence-electron chi connectivity index (χ0n) is 13.4. The summed E-state index contributed by atoms with van der Waals surface area (Å²) in [5.41, 5.74) is 1.73. The second kappa shape index (κ2) is 8.73. The van der Waals surface area contributed by atoms with Gasteiger partial charge in [-0.2, -0.15) is 0 Å². The zero-order valence-corrected chi connectivity index (χ0v) is 15.0. The van der Waals surface area contributed by atoms with Crippen LogP contribution in [0.15, 0.2) is 22.5 Å². The van der Waals surface area contributed by atoms with Crippen LogP contribution in [0.2, 0.25) is 0 Å². The Bertz CT molecular complexity index is 661. The molecule has 0 saturated carbocycles. The molecule has 8 heteroatoms. The predicted octanol–water partition coefficient (Wildman–Crippen LogP) is 3.47. The van der Waals surface area contributed by atoms with Crippen molar-refractivity contribution in [1.29, 1.82) is 0 Å². The Labute approximate surface area is 144 Å². The van der Waals surface area contributed by atoms with Crippen LogP contribution in [-0.2, 0) is 0 Å². The lowest BCUT2D eigenvalue weighted by Gasteiger charge is -2.11. The number of rotatable bonds is 7. The summed E-state index contributed by atoms with van der Waals surface area (Å²) in [6, 6.07) is 5.43. The van der Waals surface area contributed by atoms with Crippen molar-refractivity contribution in [2.75, 3.05) is 24.7 Å². The van der Waals surface area contributed by atoms with Gasteiger partial charge >= 0.3 is 6.03 Å². The van der Waals surface area contributed by atoms with Crippen molar-refractivity contribution >= 4 is 34.8 Å². The van der Waals surface area contributed by atoms with Crippen LogP contribution in [0.5, 0.6) is 5.75 Å². The fourth-order valence-corrected chi connectivity index (χ4v) is 3.68.